The molecule has 10 heteroatoms. The fraction of sp³-hybridized carbons (Fsp3) is 0.179. The van der Waals surface area contributed by atoms with Gasteiger partial charge in [-0.15, -0.1) is 0 Å². The first-order valence-electron chi connectivity index (χ1n) is 11.3. The lowest BCUT2D eigenvalue weighted by Crippen LogP contribution is -2.31. The fourth-order valence-corrected chi connectivity index (χ4v) is 3.13. The molecule has 0 radical (unpaired) electrons. The summed E-state index contributed by atoms with van der Waals surface area (Å²) in [7, 11) is 2.48. The van der Waals surface area contributed by atoms with E-state index in [4.69, 9.17) is 14.2 Å². The van der Waals surface area contributed by atoms with Crippen LogP contribution in [0.4, 0.5) is 0 Å². The van der Waals surface area contributed by atoms with Crippen LogP contribution in [0.15, 0.2) is 78.9 Å². The van der Waals surface area contributed by atoms with Crippen molar-refractivity contribution >= 4 is 29.8 Å². The van der Waals surface area contributed by atoms with Crippen LogP contribution in [0.2, 0.25) is 0 Å². The molecule has 0 spiro atoms. The molecule has 0 aliphatic carbocycles. The quantitative estimate of drug-likeness (QED) is 0.289. The lowest BCUT2D eigenvalue weighted by atomic mass is 10.1. The Kier molecular flexibility index (Phi) is 9.70. The average Bonchev–Trinajstić information content (AvgIpc) is 2.97. The summed E-state index contributed by atoms with van der Waals surface area (Å²) in [5.74, 6) is -3.30. The Morgan fingerprint density at radius 2 is 0.842 bits per heavy atom. The summed E-state index contributed by atoms with van der Waals surface area (Å²) in [6, 6.07) is 19.3. The Hall–Kier alpha value is -4.99. The molecular formula is C28H24O10. The minimum absolute atomic E-state index is 0.147. The molecule has 0 amide bonds. The number of esters is 5. The van der Waals surface area contributed by atoms with Crippen LogP contribution in [0.25, 0.3) is 0 Å². The van der Waals surface area contributed by atoms with E-state index in [0.717, 1.165) is 0 Å². The molecule has 38 heavy (non-hydrogen) atoms. The minimum atomic E-state index is -1.13. The lowest BCUT2D eigenvalue weighted by molar-refractivity contribution is -0.0253. The van der Waals surface area contributed by atoms with Crippen LogP contribution in [-0.4, -0.2) is 63.4 Å². The van der Waals surface area contributed by atoms with Crippen molar-refractivity contribution in [2.75, 3.05) is 27.4 Å². The molecule has 0 aromatic heterocycles. The zero-order valence-corrected chi connectivity index (χ0v) is 20.6. The van der Waals surface area contributed by atoms with E-state index in [1.165, 1.54) is 62.8 Å². The van der Waals surface area contributed by atoms with Gasteiger partial charge in [0.05, 0.1) is 42.0 Å². The van der Waals surface area contributed by atoms with E-state index in [2.05, 4.69) is 9.47 Å². The van der Waals surface area contributed by atoms with Gasteiger partial charge in [0, 0.05) is 0 Å². The SMILES string of the molecule is COC(=O)c1ccc(C(=O)OCC(COC(=O)c2ccc(C(=O)OC)cc2)OC(=O)c2ccccc2)cc1. The number of rotatable bonds is 10. The third-order valence-corrected chi connectivity index (χ3v) is 5.17. The maximum atomic E-state index is 12.6. The van der Waals surface area contributed by atoms with Gasteiger partial charge >= 0.3 is 29.8 Å². The first-order chi connectivity index (χ1) is 18.3. The number of methoxy groups -OCH3 is 2. The van der Waals surface area contributed by atoms with Gasteiger partial charge in [0.2, 0.25) is 0 Å². The monoisotopic (exact) mass is 520 g/mol. The summed E-state index contributed by atoms with van der Waals surface area (Å²) in [5, 5.41) is 0. The molecule has 0 fully saturated rings. The molecule has 0 heterocycles. The Morgan fingerprint density at radius 3 is 1.21 bits per heavy atom. The number of carbonyl (C=O) groups excluding carboxylic acids is 5. The van der Waals surface area contributed by atoms with Crippen LogP contribution in [0, 0.1) is 0 Å². The average molecular weight is 520 g/mol. The first kappa shape index (κ1) is 27.6. The molecule has 3 aromatic rings. The largest absolute Gasteiger partial charge is 0.465 e. The van der Waals surface area contributed by atoms with E-state index in [9.17, 15) is 24.0 Å². The highest BCUT2D eigenvalue weighted by Crippen LogP contribution is 2.12. The van der Waals surface area contributed by atoms with E-state index in [-0.39, 0.29) is 27.8 Å². The van der Waals surface area contributed by atoms with Gasteiger partial charge < -0.3 is 23.7 Å². The molecule has 0 aliphatic heterocycles. The van der Waals surface area contributed by atoms with Crippen LogP contribution in [0.1, 0.15) is 51.8 Å². The number of benzene rings is 3. The van der Waals surface area contributed by atoms with Gasteiger partial charge in [-0.2, -0.15) is 0 Å². The standard InChI is InChI=1S/C28H24O10/c1-34-24(29)19-8-12-21(13-9-19)26(31)36-16-23(38-28(33)18-6-4-3-5-7-18)17-37-27(32)22-14-10-20(11-15-22)25(30)35-2/h3-15,23H,16-17H2,1-2H3. The molecule has 0 saturated carbocycles. The third kappa shape index (κ3) is 7.50. The topological polar surface area (TPSA) is 132 Å². The van der Waals surface area contributed by atoms with Crippen molar-refractivity contribution in [2.45, 2.75) is 6.10 Å². The molecule has 196 valence electrons. The molecule has 0 N–H and O–H groups in total. The second-order valence-electron chi connectivity index (χ2n) is 7.73. The Morgan fingerprint density at radius 1 is 0.500 bits per heavy atom. The van der Waals surface area contributed by atoms with Gasteiger partial charge in [0.25, 0.3) is 0 Å². The van der Waals surface area contributed by atoms with Crippen molar-refractivity contribution in [1.82, 2.24) is 0 Å². The van der Waals surface area contributed by atoms with E-state index >= 15 is 0 Å². The second kappa shape index (κ2) is 13.4. The van der Waals surface area contributed by atoms with E-state index < -0.39 is 49.2 Å². The maximum absolute atomic E-state index is 12.6. The van der Waals surface area contributed by atoms with Crippen molar-refractivity contribution in [3.63, 3.8) is 0 Å². The van der Waals surface area contributed by atoms with E-state index in [1.807, 2.05) is 0 Å². The summed E-state index contributed by atoms with van der Waals surface area (Å²) < 4.78 is 25.2. The van der Waals surface area contributed by atoms with E-state index in [0.29, 0.717) is 0 Å². The first-order valence-corrected chi connectivity index (χ1v) is 11.3. The summed E-state index contributed by atoms with van der Waals surface area (Å²) in [6.07, 6.45) is -1.13. The van der Waals surface area contributed by atoms with Crippen molar-refractivity contribution in [1.29, 1.82) is 0 Å². The third-order valence-electron chi connectivity index (χ3n) is 5.17. The molecule has 0 bridgehead atoms. The van der Waals surface area contributed by atoms with Crippen LogP contribution in [0.5, 0.6) is 0 Å². The highest BCUT2D eigenvalue weighted by molar-refractivity contribution is 5.94. The number of hydrogen-bond acceptors (Lipinski definition) is 10. The van der Waals surface area contributed by atoms with Crippen LogP contribution in [0.3, 0.4) is 0 Å². The van der Waals surface area contributed by atoms with Gasteiger partial charge in [0.1, 0.15) is 13.2 Å². The molecule has 3 rings (SSSR count). The van der Waals surface area contributed by atoms with Crippen molar-refractivity contribution < 1.29 is 47.7 Å². The summed E-state index contributed by atoms with van der Waals surface area (Å²) in [4.78, 5) is 60.7. The smallest absolute Gasteiger partial charge is 0.338 e. The van der Waals surface area contributed by atoms with Crippen molar-refractivity contribution in [2.24, 2.45) is 0 Å². The zero-order chi connectivity index (χ0) is 27.5. The maximum Gasteiger partial charge on any atom is 0.338 e. The van der Waals surface area contributed by atoms with E-state index in [1.54, 1.807) is 30.3 Å². The van der Waals surface area contributed by atoms with Gasteiger partial charge in [-0.05, 0) is 60.7 Å². The second-order valence-corrected chi connectivity index (χ2v) is 7.73. The molecule has 10 nitrogen and oxygen atoms in total. The predicted octanol–water partition coefficient (Wildman–Crippen LogP) is 3.50. The lowest BCUT2D eigenvalue weighted by Gasteiger charge is -2.18. The Bertz CT molecular complexity index is 1210. The van der Waals surface area contributed by atoms with Crippen LogP contribution in [-0.2, 0) is 23.7 Å². The predicted molar refractivity (Wildman–Crippen MR) is 132 cm³/mol. The van der Waals surface area contributed by atoms with Crippen molar-refractivity contribution in [3.05, 3.63) is 107 Å². The Balaban J connectivity index is 1.66. The molecule has 0 aliphatic rings. The van der Waals surface area contributed by atoms with Gasteiger partial charge in [-0.3, -0.25) is 0 Å². The summed E-state index contributed by atoms with van der Waals surface area (Å²) in [5.41, 5.74) is 1.06. The molecule has 3 aromatic carbocycles. The van der Waals surface area contributed by atoms with Crippen LogP contribution >= 0.6 is 0 Å². The highest BCUT2D eigenvalue weighted by Gasteiger charge is 2.22. The summed E-state index contributed by atoms with van der Waals surface area (Å²) >= 11 is 0. The number of hydrogen-bond donors (Lipinski definition) is 0. The Labute approximate surface area is 218 Å². The summed E-state index contributed by atoms with van der Waals surface area (Å²) in [6.45, 7) is -0.824. The molecule has 0 unspecified atom stereocenters. The minimum Gasteiger partial charge on any atom is -0.465 e. The highest BCUT2D eigenvalue weighted by atomic mass is 16.6. The number of ether oxygens (including phenoxy) is 5. The van der Waals surface area contributed by atoms with Gasteiger partial charge in [-0.1, -0.05) is 18.2 Å². The fourth-order valence-electron chi connectivity index (χ4n) is 3.13. The van der Waals surface area contributed by atoms with Crippen LogP contribution < -0.4 is 0 Å². The number of carbonyl (C=O) groups is 5. The van der Waals surface area contributed by atoms with Gasteiger partial charge in [0.15, 0.2) is 6.10 Å². The van der Waals surface area contributed by atoms with Gasteiger partial charge in [-0.25, -0.2) is 24.0 Å². The van der Waals surface area contributed by atoms with Crippen molar-refractivity contribution in [3.8, 4) is 0 Å². The molecular weight excluding hydrogens is 496 g/mol. The molecule has 0 atom stereocenters. The normalized spacial score (nSPS) is 10.3. The zero-order valence-electron chi connectivity index (χ0n) is 20.6. The molecule has 0 saturated heterocycles.